The van der Waals surface area contributed by atoms with Gasteiger partial charge in [0.1, 0.15) is 11.9 Å². The molecule has 1 heterocycles. The molecule has 5 nitrogen and oxygen atoms in total. The number of hydrogen-bond acceptors (Lipinski definition) is 5. The summed E-state index contributed by atoms with van der Waals surface area (Å²) in [6.45, 7) is 6.36. The van der Waals surface area contributed by atoms with Crippen LogP contribution in [0.3, 0.4) is 0 Å². The minimum Gasteiger partial charge on any atom is -0.488 e. The van der Waals surface area contributed by atoms with Crippen molar-refractivity contribution in [1.82, 2.24) is 4.90 Å². The third kappa shape index (κ3) is 3.05. The van der Waals surface area contributed by atoms with Gasteiger partial charge in [0.05, 0.1) is 17.3 Å². The summed E-state index contributed by atoms with van der Waals surface area (Å²) in [6.07, 6.45) is 2.78. The molecule has 158 valence electrons. The number of likely N-dealkylation sites (tertiary alicyclic amines) is 1. The topological polar surface area (TPSA) is 79.3 Å². The first-order valence-electron chi connectivity index (χ1n) is 10.9. The maximum absolute atomic E-state index is 13.6. The Morgan fingerprint density at radius 1 is 1.16 bits per heavy atom. The Balaban J connectivity index is 1.54. The number of piperidine rings is 1. The van der Waals surface area contributed by atoms with Gasteiger partial charge in [0, 0.05) is 29.6 Å². The lowest BCUT2D eigenvalue weighted by Crippen LogP contribution is -2.36. The molecule has 2 N–H and O–H groups in total. The largest absolute Gasteiger partial charge is 0.488 e. The summed E-state index contributed by atoms with van der Waals surface area (Å²) in [5.41, 5.74) is 12.7. The van der Waals surface area contributed by atoms with Gasteiger partial charge in [-0.3, -0.25) is 4.79 Å². The number of hydrogen-bond donors (Lipinski definition) is 1. The highest BCUT2D eigenvalue weighted by atomic mass is 16.5. The number of fused-ring (bicyclic) bond motifs is 3. The number of benzene rings is 2. The highest BCUT2D eigenvalue weighted by Gasteiger charge is 2.43. The lowest BCUT2D eigenvalue weighted by atomic mass is 9.68. The third-order valence-electron chi connectivity index (χ3n) is 7.18. The van der Waals surface area contributed by atoms with Gasteiger partial charge in [-0.1, -0.05) is 19.9 Å². The van der Waals surface area contributed by atoms with Crippen molar-refractivity contribution in [3.63, 3.8) is 0 Å². The van der Waals surface area contributed by atoms with Crippen LogP contribution >= 0.6 is 0 Å². The van der Waals surface area contributed by atoms with E-state index in [1.165, 1.54) is 0 Å². The molecule has 1 fully saturated rings. The molecule has 0 aromatic heterocycles. The summed E-state index contributed by atoms with van der Waals surface area (Å²) in [5, 5.41) is 9.27. The van der Waals surface area contributed by atoms with Crippen molar-refractivity contribution >= 4 is 17.0 Å². The van der Waals surface area contributed by atoms with Crippen molar-refractivity contribution in [1.29, 1.82) is 5.26 Å². The van der Waals surface area contributed by atoms with Crippen LogP contribution in [0, 0.1) is 11.3 Å². The highest BCUT2D eigenvalue weighted by Crippen LogP contribution is 2.51. The van der Waals surface area contributed by atoms with E-state index in [-0.39, 0.29) is 17.3 Å². The van der Waals surface area contributed by atoms with E-state index in [0.717, 1.165) is 53.8 Å². The number of nitrogens with zero attached hydrogens (tertiary/aromatic N) is 2. The minimum absolute atomic E-state index is 0.0188. The number of nitrogen functional groups attached to an aromatic ring is 1. The van der Waals surface area contributed by atoms with Gasteiger partial charge in [-0.05, 0) is 72.8 Å². The predicted molar refractivity (Wildman–Crippen MR) is 121 cm³/mol. The fourth-order valence-electron chi connectivity index (χ4n) is 5.27. The van der Waals surface area contributed by atoms with Crippen LogP contribution in [-0.4, -0.2) is 36.9 Å². The number of rotatable bonds is 2. The van der Waals surface area contributed by atoms with Gasteiger partial charge < -0.3 is 15.4 Å². The first kappa shape index (κ1) is 19.8. The quantitative estimate of drug-likeness (QED) is 0.750. The number of ether oxygens (including phenoxy) is 1. The van der Waals surface area contributed by atoms with Crippen molar-refractivity contribution in [3.8, 4) is 11.8 Å². The zero-order valence-electron chi connectivity index (χ0n) is 18.3. The molecule has 0 atom stereocenters. The molecule has 0 radical (unpaired) electrons. The molecule has 1 aliphatic heterocycles. The van der Waals surface area contributed by atoms with E-state index in [4.69, 9.17) is 10.5 Å². The third-order valence-corrected chi connectivity index (χ3v) is 7.18. The summed E-state index contributed by atoms with van der Waals surface area (Å²) in [7, 11) is 2.13. The Morgan fingerprint density at radius 3 is 2.61 bits per heavy atom. The van der Waals surface area contributed by atoms with Gasteiger partial charge in [-0.2, -0.15) is 5.26 Å². The summed E-state index contributed by atoms with van der Waals surface area (Å²) in [5.74, 6) is 0.700. The average Bonchev–Trinajstić information content (AvgIpc) is 3.15. The van der Waals surface area contributed by atoms with Crippen molar-refractivity contribution in [2.45, 2.75) is 44.6 Å². The SMILES string of the molecule is CN1CCC(Oc2cc3c(cc2N)C(=O)C2=C(Cc4cc(C#N)ccc42)C3(C)C)CC1. The molecule has 31 heavy (non-hydrogen) atoms. The predicted octanol–water partition coefficient (Wildman–Crippen LogP) is 4.10. The molecule has 0 unspecified atom stereocenters. The van der Waals surface area contributed by atoms with Gasteiger partial charge in [0.2, 0.25) is 0 Å². The molecule has 2 aromatic rings. The molecule has 0 bridgehead atoms. The Labute approximate surface area is 183 Å². The lowest BCUT2D eigenvalue weighted by Gasteiger charge is -2.35. The van der Waals surface area contributed by atoms with Gasteiger partial charge in [-0.25, -0.2) is 0 Å². The molecule has 2 aliphatic carbocycles. The summed E-state index contributed by atoms with van der Waals surface area (Å²) in [6, 6.07) is 11.6. The van der Waals surface area contributed by atoms with E-state index < -0.39 is 0 Å². The minimum atomic E-state index is -0.330. The van der Waals surface area contributed by atoms with Crippen LogP contribution in [0.1, 0.15) is 59.3 Å². The van der Waals surface area contributed by atoms with Crippen LogP contribution in [0.15, 0.2) is 35.9 Å². The van der Waals surface area contributed by atoms with Crippen LogP contribution in [0.25, 0.3) is 5.57 Å². The fraction of sp³-hybridized carbons (Fsp3) is 0.385. The maximum atomic E-state index is 13.6. The molecule has 0 spiro atoms. The van der Waals surface area contributed by atoms with E-state index in [2.05, 4.69) is 31.9 Å². The fourth-order valence-corrected chi connectivity index (χ4v) is 5.27. The van der Waals surface area contributed by atoms with Crippen LogP contribution in [0.2, 0.25) is 0 Å². The monoisotopic (exact) mass is 413 g/mol. The van der Waals surface area contributed by atoms with E-state index in [1.54, 1.807) is 12.1 Å². The van der Waals surface area contributed by atoms with E-state index in [1.807, 2.05) is 18.2 Å². The van der Waals surface area contributed by atoms with Gasteiger partial charge in [-0.15, -0.1) is 0 Å². The Bertz CT molecular complexity index is 1180. The molecule has 5 heteroatoms. The van der Waals surface area contributed by atoms with E-state index >= 15 is 0 Å². The molecule has 0 saturated carbocycles. The maximum Gasteiger partial charge on any atom is 0.194 e. The molecular formula is C26H27N3O2. The Kier molecular flexibility index (Phi) is 4.46. The number of anilines is 1. The molecular weight excluding hydrogens is 386 g/mol. The number of ketones is 1. The van der Waals surface area contributed by atoms with Crippen LogP contribution in [-0.2, 0) is 11.8 Å². The number of nitriles is 1. The highest BCUT2D eigenvalue weighted by molar-refractivity contribution is 6.33. The van der Waals surface area contributed by atoms with Crippen molar-refractivity contribution in [3.05, 3.63) is 63.7 Å². The summed E-state index contributed by atoms with van der Waals surface area (Å²) >= 11 is 0. The Morgan fingerprint density at radius 2 is 1.90 bits per heavy atom. The second-order valence-corrected chi connectivity index (χ2v) is 9.52. The van der Waals surface area contributed by atoms with Crippen LogP contribution in [0.5, 0.6) is 5.75 Å². The number of Topliss-reactive ketones (excluding diaryl/α,β-unsaturated/α-hetero) is 1. The number of nitrogens with two attached hydrogens (primary N) is 1. The number of carbonyl (C=O) groups excluding carboxylic acids is 1. The smallest absolute Gasteiger partial charge is 0.194 e. The second kappa shape index (κ2) is 6.96. The second-order valence-electron chi connectivity index (χ2n) is 9.52. The molecule has 3 aliphatic rings. The zero-order valence-corrected chi connectivity index (χ0v) is 18.3. The first-order chi connectivity index (χ1) is 14.8. The van der Waals surface area contributed by atoms with Gasteiger partial charge >= 0.3 is 0 Å². The number of allylic oxidation sites excluding steroid dienone is 2. The van der Waals surface area contributed by atoms with Crippen molar-refractivity contribution in [2.24, 2.45) is 0 Å². The van der Waals surface area contributed by atoms with E-state index in [9.17, 15) is 10.1 Å². The molecule has 2 aromatic carbocycles. The Hall–Kier alpha value is -3.10. The number of carbonyl (C=O) groups is 1. The van der Waals surface area contributed by atoms with Crippen LogP contribution in [0.4, 0.5) is 5.69 Å². The summed E-state index contributed by atoms with van der Waals surface area (Å²) < 4.78 is 6.32. The zero-order chi connectivity index (χ0) is 21.9. The first-order valence-corrected chi connectivity index (χ1v) is 10.9. The van der Waals surface area contributed by atoms with Crippen LogP contribution < -0.4 is 10.5 Å². The standard InChI is InChI=1S/C26H27N3O2/c1-26(2)20-13-23(31-17-6-8-29(3)9-7-17)22(28)12-19(20)25(30)24-18-5-4-15(14-27)10-16(18)11-21(24)26/h4-5,10,12-13,17H,6-9,11,28H2,1-3H3. The van der Waals surface area contributed by atoms with Crippen molar-refractivity contribution < 1.29 is 9.53 Å². The molecule has 1 saturated heterocycles. The molecule has 5 rings (SSSR count). The van der Waals surface area contributed by atoms with Crippen molar-refractivity contribution in [2.75, 3.05) is 25.9 Å². The summed E-state index contributed by atoms with van der Waals surface area (Å²) in [4.78, 5) is 15.9. The molecule has 0 amide bonds. The van der Waals surface area contributed by atoms with Gasteiger partial charge in [0.25, 0.3) is 0 Å². The van der Waals surface area contributed by atoms with E-state index in [0.29, 0.717) is 29.0 Å². The average molecular weight is 414 g/mol. The normalized spacial score (nSPS) is 20.1. The van der Waals surface area contributed by atoms with Gasteiger partial charge in [0.15, 0.2) is 5.78 Å². The lowest BCUT2D eigenvalue weighted by molar-refractivity contribution is 0.105.